The van der Waals surface area contributed by atoms with Crippen LogP contribution in [-0.2, 0) is 13.1 Å². The van der Waals surface area contributed by atoms with Crippen molar-refractivity contribution in [3.63, 3.8) is 0 Å². The minimum atomic E-state index is 0.543. The molecule has 7 heteroatoms. The molecule has 0 fully saturated rings. The number of aliphatic imine (C=N–C) groups is 1. The van der Waals surface area contributed by atoms with Crippen molar-refractivity contribution < 1.29 is 0 Å². The van der Waals surface area contributed by atoms with Gasteiger partial charge in [0.15, 0.2) is 17.4 Å². The van der Waals surface area contributed by atoms with Gasteiger partial charge in [-0.15, -0.1) is 10.2 Å². The number of fused-ring (bicyclic) bond motifs is 2. The zero-order valence-electron chi connectivity index (χ0n) is 17.4. The second kappa shape index (κ2) is 7.95. The first-order valence-electron chi connectivity index (χ1n) is 9.96. The molecule has 0 bridgehead atoms. The van der Waals surface area contributed by atoms with E-state index in [0.717, 1.165) is 24.0 Å². The van der Waals surface area contributed by atoms with Crippen LogP contribution in [0.3, 0.4) is 0 Å². The number of aromatic nitrogens is 4. The van der Waals surface area contributed by atoms with Gasteiger partial charge in [-0.05, 0) is 57.0 Å². The number of aryl methyl sites for hydroxylation is 3. The third-order valence-electron chi connectivity index (χ3n) is 5.19. The first kappa shape index (κ1) is 19.0. The molecule has 7 nitrogen and oxygen atoms in total. The highest BCUT2D eigenvalue weighted by Crippen LogP contribution is 2.26. The standard InChI is InChI=1S/C22H27N7/c1-5-23-22(25-13-20-28-27-19-8-6-7-9-29(19)20)24-12-17-10-14(2)11-18-15(3)16(4)26-21(17)18/h6-11,26H,5,12-13H2,1-4H3,(H2,23,24,25). The highest BCUT2D eigenvalue weighted by molar-refractivity contribution is 5.88. The zero-order valence-corrected chi connectivity index (χ0v) is 17.4. The molecule has 0 aliphatic rings. The summed E-state index contributed by atoms with van der Waals surface area (Å²) in [6, 6.07) is 10.3. The van der Waals surface area contributed by atoms with Crippen LogP contribution in [0.2, 0.25) is 0 Å². The van der Waals surface area contributed by atoms with Crippen LogP contribution in [0.25, 0.3) is 16.6 Å². The smallest absolute Gasteiger partial charge is 0.191 e. The molecule has 29 heavy (non-hydrogen) atoms. The van der Waals surface area contributed by atoms with Crippen molar-refractivity contribution in [3.05, 3.63) is 64.7 Å². The predicted molar refractivity (Wildman–Crippen MR) is 117 cm³/mol. The lowest BCUT2D eigenvalue weighted by atomic mass is 10.0. The number of hydrogen-bond acceptors (Lipinski definition) is 3. The maximum Gasteiger partial charge on any atom is 0.191 e. The maximum absolute atomic E-state index is 4.81. The number of H-pyrrole nitrogens is 1. The van der Waals surface area contributed by atoms with Crippen molar-refractivity contribution >= 4 is 22.5 Å². The summed E-state index contributed by atoms with van der Waals surface area (Å²) < 4.78 is 1.98. The molecule has 0 radical (unpaired) electrons. The summed E-state index contributed by atoms with van der Waals surface area (Å²) in [6.45, 7) is 10.4. The third-order valence-corrected chi connectivity index (χ3v) is 5.19. The quantitative estimate of drug-likeness (QED) is 0.361. The molecule has 0 atom stereocenters. The van der Waals surface area contributed by atoms with Crippen LogP contribution in [-0.4, -0.2) is 32.1 Å². The molecule has 0 saturated carbocycles. The normalized spacial score (nSPS) is 12.1. The summed E-state index contributed by atoms with van der Waals surface area (Å²) >= 11 is 0. The van der Waals surface area contributed by atoms with Gasteiger partial charge < -0.3 is 15.6 Å². The van der Waals surface area contributed by atoms with E-state index in [1.165, 1.54) is 33.3 Å². The molecule has 0 amide bonds. The molecule has 0 aliphatic heterocycles. The van der Waals surface area contributed by atoms with Gasteiger partial charge in [-0.1, -0.05) is 17.7 Å². The van der Waals surface area contributed by atoms with Crippen LogP contribution in [0.4, 0.5) is 0 Å². The van der Waals surface area contributed by atoms with Crippen molar-refractivity contribution in [2.75, 3.05) is 6.54 Å². The Morgan fingerprint density at radius 2 is 2.00 bits per heavy atom. The van der Waals surface area contributed by atoms with Crippen molar-refractivity contribution in [1.82, 2.24) is 30.2 Å². The highest BCUT2D eigenvalue weighted by atomic mass is 15.3. The number of hydrogen-bond donors (Lipinski definition) is 3. The minimum absolute atomic E-state index is 0.543. The average Bonchev–Trinajstić information content (AvgIpc) is 3.25. The molecule has 1 aromatic carbocycles. The minimum Gasteiger partial charge on any atom is -0.358 e. The number of nitrogens with zero attached hydrogens (tertiary/aromatic N) is 4. The van der Waals surface area contributed by atoms with Crippen molar-refractivity contribution in [3.8, 4) is 0 Å². The molecular formula is C22H27N7. The molecule has 3 N–H and O–H groups in total. The van der Waals surface area contributed by atoms with Crippen LogP contribution >= 0.6 is 0 Å². The summed E-state index contributed by atoms with van der Waals surface area (Å²) in [5.74, 6) is 1.61. The summed E-state index contributed by atoms with van der Waals surface area (Å²) in [6.07, 6.45) is 1.97. The van der Waals surface area contributed by atoms with Gasteiger partial charge in [0.2, 0.25) is 0 Å². The van der Waals surface area contributed by atoms with E-state index in [4.69, 9.17) is 4.99 Å². The van der Waals surface area contributed by atoms with Crippen molar-refractivity contribution in [1.29, 1.82) is 0 Å². The molecule has 0 saturated heterocycles. The number of pyridine rings is 1. The second-order valence-corrected chi connectivity index (χ2v) is 7.32. The largest absolute Gasteiger partial charge is 0.358 e. The fourth-order valence-corrected chi connectivity index (χ4v) is 3.59. The Bertz CT molecular complexity index is 1180. The first-order chi connectivity index (χ1) is 14.1. The molecular weight excluding hydrogens is 362 g/mol. The maximum atomic E-state index is 4.81. The van der Waals surface area contributed by atoms with E-state index < -0.39 is 0 Å². The second-order valence-electron chi connectivity index (χ2n) is 7.32. The Morgan fingerprint density at radius 3 is 2.83 bits per heavy atom. The van der Waals surface area contributed by atoms with Gasteiger partial charge >= 0.3 is 0 Å². The van der Waals surface area contributed by atoms with E-state index >= 15 is 0 Å². The molecule has 4 aromatic rings. The highest BCUT2D eigenvalue weighted by Gasteiger charge is 2.10. The molecule has 0 spiro atoms. The van der Waals surface area contributed by atoms with Crippen LogP contribution in [0.15, 0.2) is 41.5 Å². The Hall–Kier alpha value is -3.35. The fourth-order valence-electron chi connectivity index (χ4n) is 3.59. The van der Waals surface area contributed by atoms with Gasteiger partial charge in [0.1, 0.15) is 0 Å². The van der Waals surface area contributed by atoms with Crippen molar-refractivity contribution in [2.45, 2.75) is 40.8 Å². The Balaban J connectivity index is 1.56. The van der Waals surface area contributed by atoms with E-state index in [1.807, 2.05) is 28.8 Å². The summed E-state index contributed by atoms with van der Waals surface area (Å²) in [7, 11) is 0. The van der Waals surface area contributed by atoms with Gasteiger partial charge in [0.05, 0.1) is 18.6 Å². The Kier molecular flexibility index (Phi) is 5.20. The predicted octanol–water partition coefficient (Wildman–Crippen LogP) is 3.39. The molecule has 0 unspecified atom stereocenters. The van der Waals surface area contributed by atoms with E-state index in [1.54, 1.807) is 0 Å². The van der Waals surface area contributed by atoms with Crippen LogP contribution in [0.5, 0.6) is 0 Å². The van der Waals surface area contributed by atoms with Crippen molar-refractivity contribution in [2.24, 2.45) is 4.99 Å². The monoisotopic (exact) mass is 389 g/mol. The fraction of sp³-hybridized carbons (Fsp3) is 0.318. The van der Waals surface area contributed by atoms with Gasteiger partial charge in [0.25, 0.3) is 0 Å². The van der Waals surface area contributed by atoms with Gasteiger partial charge in [-0.25, -0.2) is 4.99 Å². The number of nitrogens with one attached hydrogen (secondary N) is 3. The Morgan fingerprint density at radius 1 is 1.14 bits per heavy atom. The zero-order chi connectivity index (χ0) is 20.4. The van der Waals surface area contributed by atoms with Gasteiger partial charge in [0, 0.05) is 23.8 Å². The Labute approximate surface area is 170 Å². The molecule has 4 rings (SSSR count). The summed E-state index contributed by atoms with van der Waals surface area (Å²) in [5.41, 5.74) is 6.97. The lowest BCUT2D eigenvalue weighted by molar-refractivity contribution is 0.765. The third kappa shape index (κ3) is 3.81. The lowest BCUT2D eigenvalue weighted by Crippen LogP contribution is -2.37. The van der Waals surface area contributed by atoms with Gasteiger partial charge in [-0.2, -0.15) is 0 Å². The number of guanidine groups is 1. The van der Waals surface area contributed by atoms with E-state index in [2.05, 4.69) is 65.6 Å². The number of rotatable bonds is 5. The van der Waals surface area contributed by atoms with Crippen LogP contribution in [0, 0.1) is 20.8 Å². The number of benzene rings is 1. The molecule has 0 aliphatic carbocycles. The van der Waals surface area contributed by atoms with Gasteiger partial charge in [-0.3, -0.25) is 4.40 Å². The first-order valence-corrected chi connectivity index (χ1v) is 9.96. The molecule has 3 heterocycles. The van der Waals surface area contributed by atoms with E-state index in [0.29, 0.717) is 13.1 Å². The lowest BCUT2D eigenvalue weighted by Gasteiger charge is -2.11. The van der Waals surface area contributed by atoms with Crippen LogP contribution in [0.1, 0.15) is 35.1 Å². The molecule has 150 valence electrons. The number of aromatic amines is 1. The van der Waals surface area contributed by atoms with E-state index in [9.17, 15) is 0 Å². The summed E-state index contributed by atoms with van der Waals surface area (Å²) in [5, 5.41) is 16.4. The molecule has 3 aromatic heterocycles. The topological polar surface area (TPSA) is 82.4 Å². The SMILES string of the molecule is CCNC(=NCc1cc(C)cc2c(C)c(C)[nH]c12)NCc1nnc2ccccn12. The van der Waals surface area contributed by atoms with E-state index in [-0.39, 0.29) is 0 Å². The average molecular weight is 390 g/mol. The summed E-state index contributed by atoms with van der Waals surface area (Å²) in [4.78, 5) is 8.33. The van der Waals surface area contributed by atoms with Crippen LogP contribution < -0.4 is 10.6 Å².